The first kappa shape index (κ1) is 19.4. The molecule has 0 bridgehead atoms. The second kappa shape index (κ2) is 8.94. The lowest BCUT2D eigenvalue weighted by atomic mass is 9.91. The third kappa shape index (κ3) is 6.12. The lowest BCUT2D eigenvalue weighted by Gasteiger charge is -2.13. The number of rotatable bonds is 8. The van der Waals surface area contributed by atoms with Gasteiger partial charge in [0.2, 0.25) is 0 Å². The molecule has 0 aromatic carbocycles. The Bertz CT molecular complexity index is 644. The molecule has 6 heteroatoms. The number of aromatic nitrogens is 3. The van der Waals surface area contributed by atoms with Gasteiger partial charge in [-0.25, -0.2) is 0 Å². The summed E-state index contributed by atoms with van der Waals surface area (Å²) in [6, 6.07) is 0. The van der Waals surface area contributed by atoms with Crippen molar-refractivity contribution in [2.24, 2.45) is 13.0 Å². The maximum atomic E-state index is 11.2. The summed E-state index contributed by atoms with van der Waals surface area (Å²) in [6.45, 7) is 8.92. The summed E-state index contributed by atoms with van der Waals surface area (Å²) < 4.78 is 1.68. The lowest BCUT2D eigenvalue weighted by molar-refractivity contribution is -0.138. The van der Waals surface area contributed by atoms with Crippen LogP contribution in [0, 0.1) is 5.92 Å². The van der Waals surface area contributed by atoms with Gasteiger partial charge >= 0.3 is 5.97 Å². The molecule has 1 aromatic heterocycles. The van der Waals surface area contributed by atoms with Crippen LogP contribution in [0.3, 0.4) is 0 Å². The molecule has 2 atom stereocenters. The quantitative estimate of drug-likeness (QED) is 0.733. The average molecular weight is 346 g/mol. The summed E-state index contributed by atoms with van der Waals surface area (Å²) >= 11 is 0. The van der Waals surface area contributed by atoms with Crippen LogP contribution >= 0.6 is 0 Å². The number of nitrogens with zero attached hydrogens (tertiary/aromatic N) is 4. The van der Waals surface area contributed by atoms with Crippen LogP contribution in [0.15, 0.2) is 29.5 Å². The van der Waals surface area contributed by atoms with Gasteiger partial charge in [0.1, 0.15) is 0 Å². The Labute approximate surface area is 150 Å². The number of carboxylic acid groups (broad SMARTS) is 1. The van der Waals surface area contributed by atoms with Crippen molar-refractivity contribution in [2.75, 3.05) is 19.6 Å². The van der Waals surface area contributed by atoms with Crippen LogP contribution in [0.2, 0.25) is 0 Å². The minimum atomic E-state index is -0.741. The van der Waals surface area contributed by atoms with Gasteiger partial charge in [-0.1, -0.05) is 28.5 Å². The van der Waals surface area contributed by atoms with Gasteiger partial charge in [-0.15, -0.1) is 5.10 Å². The molecule has 1 aliphatic heterocycles. The molecule has 1 fully saturated rings. The summed E-state index contributed by atoms with van der Waals surface area (Å²) in [6.07, 6.45) is 8.78. The second-order valence-electron chi connectivity index (χ2n) is 7.37. The van der Waals surface area contributed by atoms with Crippen LogP contribution in [-0.2, 0) is 11.8 Å². The van der Waals surface area contributed by atoms with E-state index in [0.717, 1.165) is 38.2 Å². The van der Waals surface area contributed by atoms with Crippen molar-refractivity contribution >= 4 is 5.97 Å². The standard InChI is InChI=1S/C19H30N4O2/c1-14(2)6-5-7-15(3)8-9-23-11-16(10-19(24)25)17(12-23)18-13-22(4)21-20-18/h6,8,13,16-17H,5,7,9-12H2,1-4H3,(H,24,25)/b15-8+/t16-,17+/m0/s1. The summed E-state index contributed by atoms with van der Waals surface area (Å²) in [5, 5.41) is 17.4. The SMILES string of the molecule is CC(C)=CCC/C(C)=C/CN1C[C@H](CC(=O)O)[C@H](c2cn(C)nn2)C1. The molecule has 6 nitrogen and oxygen atoms in total. The number of likely N-dealkylation sites (tertiary alicyclic amines) is 1. The summed E-state index contributed by atoms with van der Waals surface area (Å²) in [7, 11) is 1.84. The number of hydrogen-bond acceptors (Lipinski definition) is 4. The first-order valence-electron chi connectivity index (χ1n) is 8.94. The van der Waals surface area contributed by atoms with Crippen LogP contribution in [0.4, 0.5) is 0 Å². The Morgan fingerprint density at radius 3 is 2.68 bits per heavy atom. The highest BCUT2D eigenvalue weighted by Crippen LogP contribution is 2.33. The van der Waals surface area contributed by atoms with Gasteiger partial charge in [-0.2, -0.15) is 0 Å². The number of hydrogen-bond donors (Lipinski definition) is 1. The molecular weight excluding hydrogens is 316 g/mol. The zero-order valence-corrected chi connectivity index (χ0v) is 15.8. The Morgan fingerprint density at radius 2 is 2.08 bits per heavy atom. The van der Waals surface area contributed by atoms with E-state index in [1.54, 1.807) is 4.68 Å². The highest BCUT2D eigenvalue weighted by atomic mass is 16.4. The molecule has 1 N–H and O–H groups in total. The first-order valence-corrected chi connectivity index (χ1v) is 8.94. The van der Waals surface area contributed by atoms with E-state index in [4.69, 9.17) is 0 Å². The Balaban J connectivity index is 1.96. The van der Waals surface area contributed by atoms with E-state index in [2.05, 4.69) is 48.1 Å². The van der Waals surface area contributed by atoms with Gasteiger partial charge in [0.25, 0.3) is 0 Å². The molecule has 0 spiro atoms. The van der Waals surface area contributed by atoms with Crippen molar-refractivity contribution in [2.45, 2.75) is 46.0 Å². The van der Waals surface area contributed by atoms with Crippen molar-refractivity contribution in [3.8, 4) is 0 Å². The average Bonchev–Trinajstić information content (AvgIpc) is 3.10. The van der Waals surface area contributed by atoms with Gasteiger partial charge in [0.15, 0.2) is 0 Å². The van der Waals surface area contributed by atoms with E-state index in [1.807, 2.05) is 13.2 Å². The first-order chi connectivity index (χ1) is 11.8. The fraction of sp³-hybridized carbons (Fsp3) is 0.632. The molecule has 25 heavy (non-hydrogen) atoms. The maximum absolute atomic E-state index is 11.2. The van der Waals surface area contributed by atoms with Crippen LogP contribution in [0.1, 0.15) is 51.6 Å². The van der Waals surface area contributed by atoms with E-state index in [1.165, 1.54) is 11.1 Å². The van der Waals surface area contributed by atoms with Crippen molar-refractivity contribution < 1.29 is 9.90 Å². The zero-order chi connectivity index (χ0) is 18.4. The third-order valence-electron chi connectivity index (χ3n) is 4.74. The highest BCUT2D eigenvalue weighted by molar-refractivity contribution is 5.67. The minimum absolute atomic E-state index is 0.0913. The molecule has 1 aliphatic rings. The smallest absolute Gasteiger partial charge is 0.303 e. The molecule has 2 heterocycles. The molecule has 0 unspecified atom stereocenters. The number of aliphatic carboxylic acids is 1. The van der Waals surface area contributed by atoms with E-state index in [9.17, 15) is 9.90 Å². The van der Waals surface area contributed by atoms with E-state index < -0.39 is 5.97 Å². The number of carbonyl (C=O) groups is 1. The summed E-state index contributed by atoms with van der Waals surface area (Å²) in [4.78, 5) is 13.5. The molecule has 138 valence electrons. The normalized spacial score (nSPS) is 21.5. The van der Waals surface area contributed by atoms with Gasteiger partial charge in [-0.3, -0.25) is 14.4 Å². The van der Waals surface area contributed by atoms with E-state index >= 15 is 0 Å². The van der Waals surface area contributed by atoms with Crippen LogP contribution in [0.25, 0.3) is 0 Å². The Hall–Kier alpha value is -1.95. The summed E-state index contributed by atoms with van der Waals surface area (Å²) in [5.41, 5.74) is 3.64. The molecule has 0 aliphatic carbocycles. The molecular formula is C19H30N4O2. The largest absolute Gasteiger partial charge is 0.481 e. The Kier molecular flexibility index (Phi) is 6.93. The fourth-order valence-electron chi connectivity index (χ4n) is 3.39. The van der Waals surface area contributed by atoms with E-state index in [-0.39, 0.29) is 18.3 Å². The van der Waals surface area contributed by atoms with Crippen LogP contribution < -0.4 is 0 Å². The van der Waals surface area contributed by atoms with E-state index in [0.29, 0.717) is 0 Å². The molecule has 1 aromatic rings. The second-order valence-corrected chi connectivity index (χ2v) is 7.37. The van der Waals surface area contributed by atoms with Gasteiger partial charge in [-0.05, 0) is 39.5 Å². The van der Waals surface area contributed by atoms with Crippen molar-refractivity contribution in [1.29, 1.82) is 0 Å². The number of allylic oxidation sites excluding steroid dienone is 3. The van der Waals surface area contributed by atoms with Crippen molar-refractivity contribution in [3.05, 3.63) is 35.2 Å². The van der Waals surface area contributed by atoms with Crippen molar-refractivity contribution in [3.63, 3.8) is 0 Å². The van der Waals surface area contributed by atoms with Crippen LogP contribution in [-0.4, -0.2) is 50.6 Å². The van der Waals surface area contributed by atoms with Gasteiger partial charge in [0, 0.05) is 38.8 Å². The number of carboxylic acids is 1. The summed E-state index contributed by atoms with van der Waals surface area (Å²) in [5.74, 6) is -0.507. The highest BCUT2D eigenvalue weighted by Gasteiger charge is 2.36. The number of aryl methyl sites for hydroxylation is 1. The fourth-order valence-corrected chi connectivity index (χ4v) is 3.39. The van der Waals surface area contributed by atoms with Gasteiger partial charge < -0.3 is 5.11 Å². The predicted molar refractivity (Wildman–Crippen MR) is 98.3 cm³/mol. The minimum Gasteiger partial charge on any atom is -0.481 e. The molecule has 0 amide bonds. The van der Waals surface area contributed by atoms with Gasteiger partial charge in [0.05, 0.1) is 12.1 Å². The monoisotopic (exact) mass is 346 g/mol. The zero-order valence-electron chi connectivity index (χ0n) is 15.8. The molecule has 1 saturated heterocycles. The Morgan fingerprint density at radius 1 is 1.32 bits per heavy atom. The topological polar surface area (TPSA) is 71.2 Å². The predicted octanol–water partition coefficient (Wildman–Crippen LogP) is 3.00. The van der Waals surface area contributed by atoms with Crippen molar-refractivity contribution in [1.82, 2.24) is 19.9 Å². The maximum Gasteiger partial charge on any atom is 0.303 e. The molecule has 0 radical (unpaired) electrons. The molecule has 0 saturated carbocycles. The van der Waals surface area contributed by atoms with Crippen LogP contribution in [0.5, 0.6) is 0 Å². The molecule has 2 rings (SSSR count). The lowest BCUT2D eigenvalue weighted by Crippen LogP contribution is -2.21. The third-order valence-corrected chi connectivity index (χ3v) is 4.74.